The molecule has 0 aliphatic carbocycles. The summed E-state index contributed by atoms with van der Waals surface area (Å²) in [5, 5.41) is 4.58. The molecule has 0 aliphatic rings. The molecule has 0 unspecified atom stereocenters. The summed E-state index contributed by atoms with van der Waals surface area (Å²) in [4.78, 5) is 3.42. The van der Waals surface area contributed by atoms with E-state index < -0.39 is 0 Å². The number of hydrogen-bond donors (Lipinski definition) is 0. The molecule has 1 nitrogen and oxygen atoms in total. The van der Waals surface area contributed by atoms with Crippen molar-refractivity contribution >= 4 is 86.9 Å². The largest absolute Gasteiger partial charge is 0.238 e. The lowest BCUT2D eigenvalue weighted by atomic mass is 10.0. The summed E-state index contributed by atoms with van der Waals surface area (Å²) < 4.78 is 13.0. The molecule has 0 amide bonds. The van der Waals surface area contributed by atoms with Crippen LogP contribution in [0.1, 0.15) is 101 Å². The molecule has 0 spiro atoms. The molecule has 0 fully saturated rings. The highest BCUT2D eigenvalue weighted by Crippen LogP contribution is 2.35. The van der Waals surface area contributed by atoms with E-state index in [-0.39, 0.29) is 11.7 Å². The lowest BCUT2D eigenvalue weighted by Crippen LogP contribution is -1.93. The van der Waals surface area contributed by atoms with E-state index in [1.807, 2.05) is 71.9 Å². The van der Waals surface area contributed by atoms with Crippen molar-refractivity contribution in [2.75, 3.05) is 0 Å². The Morgan fingerprint density at radius 2 is 0.804 bits per heavy atom. The molecule has 0 saturated heterocycles. The third kappa shape index (κ3) is 13.1. The fraction of sp³-hybridized carbons (Fsp3) is 0.324. The summed E-state index contributed by atoms with van der Waals surface area (Å²) in [5.41, 5.74) is 4.22. The van der Waals surface area contributed by atoms with Crippen LogP contribution in [0.3, 0.4) is 0 Å². The van der Waals surface area contributed by atoms with Crippen LogP contribution in [0.4, 0.5) is 10.1 Å². The molecule has 0 N–H and O–H groups in total. The number of halogens is 8. The highest BCUT2D eigenvalue weighted by molar-refractivity contribution is 6.39. The Balaban J connectivity index is 0.000000307. The Bertz CT molecular complexity index is 1490. The van der Waals surface area contributed by atoms with Gasteiger partial charge < -0.3 is 0 Å². The summed E-state index contributed by atoms with van der Waals surface area (Å²) in [6, 6.07) is 19.2. The van der Waals surface area contributed by atoms with Gasteiger partial charge in [0.15, 0.2) is 5.69 Å². The van der Waals surface area contributed by atoms with E-state index in [0.717, 1.165) is 26.7 Å². The molecule has 4 rings (SSSR count). The van der Waals surface area contributed by atoms with Crippen molar-refractivity contribution in [3.63, 3.8) is 0 Å². The van der Waals surface area contributed by atoms with Crippen LogP contribution in [-0.4, -0.2) is 0 Å². The van der Waals surface area contributed by atoms with Crippen LogP contribution in [-0.2, 0) is 0 Å². The zero-order valence-corrected chi connectivity index (χ0v) is 32.4. The fourth-order valence-corrected chi connectivity index (χ4v) is 7.28. The second kappa shape index (κ2) is 20.6. The third-order valence-corrected chi connectivity index (χ3v) is 8.66. The molecular formula is C37H39Cl7FN. The van der Waals surface area contributed by atoms with E-state index in [1.165, 1.54) is 6.07 Å². The molecule has 0 aromatic heterocycles. The Hall–Kier alpha value is -1.67. The molecule has 0 radical (unpaired) electrons. The lowest BCUT2D eigenvalue weighted by molar-refractivity contribution is 0.598. The molecule has 0 aliphatic heterocycles. The number of nitrogens with zero attached hydrogens (tertiary/aromatic N) is 1. The maximum atomic E-state index is 13.0. The van der Waals surface area contributed by atoms with E-state index in [4.69, 9.17) is 87.8 Å². The molecule has 4 aromatic carbocycles. The first-order chi connectivity index (χ1) is 21.4. The first kappa shape index (κ1) is 42.4. The van der Waals surface area contributed by atoms with Gasteiger partial charge in [0.05, 0.1) is 6.57 Å². The van der Waals surface area contributed by atoms with Gasteiger partial charge >= 0.3 is 0 Å². The number of rotatable bonds is 4. The number of benzene rings is 4. The predicted molar refractivity (Wildman–Crippen MR) is 203 cm³/mol. The Kier molecular flexibility index (Phi) is 19.0. The second-order valence-corrected chi connectivity index (χ2v) is 14.3. The monoisotopic (exact) mass is 761 g/mol. The topological polar surface area (TPSA) is 4.36 Å². The molecule has 4 aromatic rings. The predicted octanol–water partition coefficient (Wildman–Crippen LogP) is 16.5. The molecule has 9 heteroatoms. The summed E-state index contributed by atoms with van der Waals surface area (Å²) >= 11 is 41.3. The maximum absolute atomic E-state index is 13.0. The first-order valence-corrected chi connectivity index (χ1v) is 17.3. The lowest BCUT2D eigenvalue weighted by Gasteiger charge is -2.10. The van der Waals surface area contributed by atoms with Crippen molar-refractivity contribution in [1.29, 1.82) is 0 Å². The molecule has 0 atom stereocenters. The fourth-order valence-electron chi connectivity index (χ4n) is 4.42. The van der Waals surface area contributed by atoms with Gasteiger partial charge in [0.2, 0.25) is 0 Å². The van der Waals surface area contributed by atoms with Gasteiger partial charge in [-0.3, -0.25) is 0 Å². The van der Waals surface area contributed by atoms with Gasteiger partial charge in [-0.15, -0.1) is 0 Å². The van der Waals surface area contributed by atoms with Crippen LogP contribution in [0.25, 0.3) is 4.85 Å². The van der Waals surface area contributed by atoms with E-state index in [9.17, 15) is 4.39 Å². The third-order valence-electron chi connectivity index (χ3n) is 6.50. The Labute approximate surface area is 309 Å². The standard InChI is InChI=1S/C10H10ClN.C9H9Cl3.C9H10Cl2.C9H10ClF/c1-7(2)10-8(11)5-4-6-9(10)12-3;1-5(2)9-7(11)3-6(10)4-8(9)12;2*1-6(2)9-7(10)4-3-5-8(9)11/h4-7H,1-2H3;3-5H,1-2H3;2*3-6H,1-2H3. The SMILES string of the molecule is CC(C)c1c(Cl)cc(Cl)cc1Cl.CC(C)c1c(Cl)cccc1Cl.CC(C)c1c(F)cccc1Cl.[C-]#[N+]c1cccc(Cl)c1C(C)C. The van der Waals surface area contributed by atoms with E-state index >= 15 is 0 Å². The number of hydrogen-bond acceptors (Lipinski definition) is 0. The van der Waals surface area contributed by atoms with Crippen molar-refractivity contribution in [3.8, 4) is 0 Å². The van der Waals surface area contributed by atoms with Crippen molar-refractivity contribution < 1.29 is 4.39 Å². The summed E-state index contributed by atoms with van der Waals surface area (Å²) in [5.74, 6) is 0.942. The smallest absolute Gasteiger partial charge is 0.192 e. The maximum Gasteiger partial charge on any atom is 0.192 e. The zero-order valence-electron chi connectivity index (χ0n) is 27.1. The minimum absolute atomic E-state index is 0.142. The average Bonchev–Trinajstić information content (AvgIpc) is 2.92. The van der Waals surface area contributed by atoms with Crippen LogP contribution in [0, 0.1) is 12.4 Å². The van der Waals surface area contributed by atoms with Crippen LogP contribution in [0.15, 0.2) is 66.7 Å². The highest BCUT2D eigenvalue weighted by Gasteiger charge is 2.12. The van der Waals surface area contributed by atoms with E-state index in [0.29, 0.717) is 54.1 Å². The van der Waals surface area contributed by atoms with Crippen LogP contribution in [0.5, 0.6) is 0 Å². The minimum atomic E-state index is -0.215. The van der Waals surface area contributed by atoms with Gasteiger partial charge in [0.1, 0.15) is 5.82 Å². The molecule has 46 heavy (non-hydrogen) atoms. The van der Waals surface area contributed by atoms with Gasteiger partial charge in [-0.2, -0.15) is 0 Å². The average molecular weight is 765 g/mol. The molecule has 0 saturated carbocycles. The summed E-state index contributed by atoms with van der Waals surface area (Å²) in [6.45, 7) is 23.1. The molecule has 0 heterocycles. The summed E-state index contributed by atoms with van der Waals surface area (Å²) in [7, 11) is 0. The van der Waals surface area contributed by atoms with Crippen LogP contribution < -0.4 is 0 Å². The summed E-state index contributed by atoms with van der Waals surface area (Å²) in [6.07, 6.45) is 0. The molecule has 248 valence electrons. The first-order valence-electron chi connectivity index (χ1n) is 14.6. The molecular weight excluding hydrogens is 726 g/mol. The van der Waals surface area contributed by atoms with Gasteiger partial charge in [0, 0.05) is 40.7 Å². The highest BCUT2D eigenvalue weighted by atomic mass is 35.5. The van der Waals surface area contributed by atoms with Gasteiger partial charge in [-0.1, -0.05) is 161 Å². The van der Waals surface area contributed by atoms with Crippen molar-refractivity contribution in [1.82, 2.24) is 0 Å². The van der Waals surface area contributed by atoms with E-state index in [2.05, 4.69) is 18.7 Å². The second-order valence-electron chi connectivity index (χ2n) is 11.5. The van der Waals surface area contributed by atoms with Crippen LogP contribution in [0.2, 0.25) is 35.2 Å². The molecule has 0 bridgehead atoms. The minimum Gasteiger partial charge on any atom is -0.238 e. The van der Waals surface area contributed by atoms with Crippen molar-refractivity contribution in [3.05, 3.63) is 141 Å². The zero-order chi connectivity index (χ0) is 35.3. The van der Waals surface area contributed by atoms with E-state index in [1.54, 1.807) is 30.3 Å². The normalized spacial score (nSPS) is 10.5. The van der Waals surface area contributed by atoms with Gasteiger partial charge in [0.25, 0.3) is 0 Å². The van der Waals surface area contributed by atoms with Gasteiger partial charge in [-0.05, 0) is 82.8 Å². The quantitative estimate of drug-likeness (QED) is 0.182. The van der Waals surface area contributed by atoms with Crippen molar-refractivity contribution in [2.24, 2.45) is 0 Å². The van der Waals surface area contributed by atoms with Crippen LogP contribution >= 0.6 is 81.2 Å². The van der Waals surface area contributed by atoms with Crippen molar-refractivity contribution in [2.45, 2.75) is 79.1 Å². The Morgan fingerprint density at radius 3 is 1.11 bits per heavy atom. The van der Waals surface area contributed by atoms with Gasteiger partial charge in [-0.25, -0.2) is 9.24 Å². The Morgan fingerprint density at radius 1 is 0.478 bits per heavy atom.